The number of hydrogen-bond donors (Lipinski definition) is 0. The molecule has 0 saturated carbocycles. The molecule has 3 heterocycles. The quantitative estimate of drug-likeness (QED) is 0.662. The fourth-order valence-corrected chi connectivity index (χ4v) is 4.77. The van der Waals surface area contributed by atoms with E-state index in [1.165, 1.54) is 22.1 Å². The Labute approximate surface area is 159 Å². The first kappa shape index (κ1) is 17.5. The smallest absolute Gasteiger partial charge is 0.186 e. The molecule has 26 heavy (non-hydrogen) atoms. The second-order valence-electron chi connectivity index (χ2n) is 7.36. The van der Waals surface area contributed by atoms with Crippen LogP contribution in [0, 0.1) is 0 Å². The molecule has 1 aliphatic heterocycles. The molecule has 4 rings (SSSR count). The van der Waals surface area contributed by atoms with Gasteiger partial charge >= 0.3 is 0 Å². The van der Waals surface area contributed by atoms with E-state index in [9.17, 15) is 0 Å². The summed E-state index contributed by atoms with van der Waals surface area (Å²) < 4.78 is 3.64. The van der Waals surface area contributed by atoms with Gasteiger partial charge in [0.15, 0.2) is 5.13 Å². The van der Waals surface area contributed by atoms with Gasteiger partial charge in [0.2, 0.25) is 0 Å². The minimum atomic E-state index is 0.565. The van der Waals surface area contributed by atoms with E-state index in [1.807, 2.05) is 17.5 Å². The highest BCUT2D eigenvalue weighted by Gasteiger charge is 2.25. The molecular weight excluding hydrogens is 342 g/mol. The molecule has 1 aliphatic rings. The molecule has 0 unspecified atom stereocenters. The van der Waals surface area contributed by atoms with E-state index >= 15 is 0 Å². The molecule has 6 heteroatoms. The molecule has 0 bridgehead atoms. The number of fused-ring (bicyclic) bond motifs is 1. The summed E-state index contributed by atoms with van der Waals surface area (Å²) in [6, 6.07) is 8.42. The summed E-state index contributed by atoms with van der Waals surface area (Å²) in [7, 11) is 4.26. The summed E-state index contributed by atoms with van der Waals surface area (Å²) in [5.74, 6) is 1.84. The first-order chi connectivity index (χ1) is 12.7. The molecule has 0 spiro atoms. The maximum atomic E-state index is 4.82. The molecule has 0 amide bonds. The van der Waals surface area contributed by atoms with Crippen molar-refractivity contribution in [2.45, 2.75) is 31.7 Å². The predicted octanol–water partition coefficient (Wildman–Crippen LogP) is 3.83. The van der Waals surface area contributed by atoms with Gasteiger partial charge in [-0.05, 0) is 52.0 Å². The maximum absolute atomic E-state index is 4.82. The van der Waals surface area contributed by atoms with Crippen LogP contribution in [0.1, 0.15) is 31.0 Å². The minimum absolute atomic E-state index is 0.565. The maximum Gasteiger partial charge on any atom is 0.186 e. The molecule has 0 atom stereocenters. The van der Waals surface area contributed by atoms with Gasteiger partial charge in [0.25, 0.3) is 0 Å². The highest BCUT2D eigenvalue weighted by molar-refractivity contribution is 7.22. The van der Waals surface area contributed by atoms with E-state index in [2.05, 4.69) is 63.9 Å². The topological polar surface area (TPSA) is 37.2 Å². The summed E-state index contributed by atoms with van der Waals surface area (Å²) in [6.07, 6.45) is 7.58. The van der Waals surface area contributed by atoms with Crippen molar-refractivity contribution >= 4 is 26.7 Å². The van der Waals surface area contributed by atoms with Crippen LogP contribution in [0.3, 0.4) is 0 Å². The van der Waals surface area contributed by atoms with E-state index in [0.29, 0.717) is 5.92 Å². The van der Waals surface area contributed by atoms with Crippen LogP contribution in [-0.4, -0.2) is 53.2 Å². The van der Waals surface area contributed by atoms with Crippen LogP contribution < -0.4 is 4.90 Å². The molecule has 3 aromatic rings. The molecule has 0 radical (unpaired) electrons. The number of imidazole rings is 1. The number of aromatic nitrogens is 3. The van der Waals surface area contributed by atoms with Gasteiger partial charge in [-0.15, -0.1) is 0 Å². The van der Waals surface area contributed by atoms with Crippen LogP contribution in [0.2, 0.25) is 0 Å². The van der Waals surface area contributed by atoms with E-state index in [0.717, 1.165) is 44.5 Å². The molecule has 5 nitrogen and oxygen atoms in total. The normalized spacial score (nSPS) is 16.0. The minimum Gasteiger partial charge on any atom is -0.348 e. The molecule has 138 valence electrons. The van der Waals surface area contributed by atoms with E-state index in [-0.39, 0.29) is 0 Å². The fraction of sp³-hybridized carbons (Fsp3) is 0.500. The van der Waals surface area contributed by atoms with Gasteiger partial charge in [0.05, 0.1) is 10.2 Å². The lowest BCUT2D eigenvalue weighted by Crippen LogP contribution is -2.33. The van der Waals surface area contributed by atoms with Gasteiger partial charge in [-0.2, -0.15) is 0 Å². The third-order valence-electron chi connectivity index (χ3n) is 5.17. The number of anilines is 1. The molecule has 1 saturated heterocycles. The molecule has 1 fully saturated rings. The average Bonchev–Trinajstić information content (AvgIpc) is 3.28. The van der Waals surface area contributed by atoms with Crippen molar-refractivity contribution in [1.29, 1.82) is 0 Å². The largest absolute Gasteiger partial charge is 0.348 e. The summed E-state index contributed by atoms with van der Waals surface area (Å²) in [6.45, 7) is 4.31. The van der Waals surface area contributed by atoms with Gasteiger partial charge in [0.1, 0.15) is 5.82 Å². The van der Waals surface area contributed by atoms with Crippen molar-refractivity contribution in [3.8, 4) is 0 Å². The SMILES string of the molecule is CN(C)CCCn1ccnc1C1CCN(c2nc3ccccc3s2)CC1. The second kappa shape index (κ2) is 7.76. The van der Waals surface area contributed by atoms with Crippen molar-refractivity contribution in [2.24, 2.45) is 0 Å². The van der Waals surface area contributed by atoms with E-state index in [4.69, 9.17) is 4.98 Å². The Balaban J connectivity index is 1.38. The van der Waals surface area contributed by atoms with Gasteiger partial charge in [0, 0.05) is 37.9 Å². The predicted molar refractivity (Wildman–Crippen MR) is 109 cm³/mol. The highest BCUT2D eigenvalue weighted by atomic mass is 32.1. The van der Waals surface area contributed by atoms with Crippen molar-refractivity contribution in [3.63, 3.8) is 0 Å². The molecule has 0 N–H and O–H groups in total. The van der Waals surface area contributed by atoms with Crippen LogP contribution in [0.5, 0.6) is 0 Å². The number of nitrogens with zero attached hydrogens (tertiary/aromatic N) is 5. The second-order valence-corrected chi connectivity index (χ2v) is 8.37. The van der Waals surface area contributed by atoms with Crippen molar-refractivity contribution in [3.05, 3.63) is 42.5 Å². The van der Waals surface area contributed by atoms with Crippen LogP contribution >= 0.6 is 11.3 Å². The number of rotatable bonds is 6. The Morgan fingerprint density at radius 2 is 2.00 bits per heavy atom. The summed E-state index contributed by atoms with van der Waals surface area (Å²) >= 11 is 1.81. The van der Waals surface area contributed by atoms with Gasteiger partial charge in [-0.25, -0.2) is 9.97 Å². The Hall–Kier alpha value is -1.92. The molecule has 2 aromatic heterocycles. The third-order valence-corrected chi connectivity index (χ3v) is 6.26. The van der Waals surface area contributed by atoms with Crippen LogP contribution in [-0.2, 0) is 6.54 Å². The molecule has 1 aromatic carbocycles. The van der Waals surface area contributed by atoms with Gasteiger partial charge < -0.3 is 14.4 Å². The monoisotopic (exact) mass is 369 g/mol. The Bertz CT molecular complexity index is 812. The average molecular weight is 370 g/mol. The summed E-state index contributed by atoms with van der Waals surface area (Å²) in [5, 5.41) is 1.17. The first-order valence-corrected chi connectivity index (χ1v) is 10.3. The summed E-state index contributed by atoms with van der Waals surface area (Å²) in [4.78, 5) is 14.2. The Kier molecular flexibility index (Phi) is 5.22. The van der Waals surface area contributed by atoms with Crippen molar-refractivity contribution in [2.75, 3.05) is 38.6 Å². The zero-order valence-corrected chi connectivity index (χ0v) is 16.5. The lowest BCUT2D eigenvalue weighted by atomic mass is 9.96. The zero-order valence-electron chi connectivity index (χ0n) is 15.6. The zero-order chi connectivity index (χ0) is 17.9. The van der Waals surface area contributed by atoms with Crippen LogP contribution in [0.25, 0.3) is 10.2 Å². The van der Waals surface area contributed by atoms with Crippen LogP contribution in [0.4, 0.5) is 5.13 Å². The first-order valence-electron chi connectivity index (χ1n) is 9.47. The van der Waals surface area contributed by atoms with E-state index in [1.54, 1.807) is 0 Å². The van der Waals surface area contributed by atoms with Crippen molar-refractivity contribution in [1.82, 2.24) is 19.4 Å². The number of hydrogen-bond acceptors (Lipinski definition) is 5. The Morgan fingerprint density at radius 3 is 2.77 bits per heavy atom. The van der Waals surface area contributed by atoms with E-state index < -0.39 is 0 Å². The number of thiazole rings is 1. The number of para-hydroxylation sites is 1. The summed E-state index contributed by atoms with van der Waals surface area (Å²) in [5.41, 5.74) is 1.12. The highest BCUT2D eigenvalue weighted by Crippen LogP contribution is 2.33. The van der Waals surface area contributed by atoms with Crippen LogP contribution in [0.15, 0.2) is 36.7 Å². The number of benzene rings is 1. The lowest BCUT2D eigenvalue weighted by Gasteiger charge is -2.31. The fourth-order valence-electron chi connectivity index (χ4n) is 3.75. The number of aryl methyl sites for hydroxylation is 1. The van der Waals surface area contributed by atoms with Crippen molar-refractivity contribution < 1.29 is 0 Å². The van der Waals surface area contributed by atoms with Gasteiger partial charge in [-0.3, -0.25) is 0 Å². The Morgan fingerprint density at radius 1 is 1.19 bits per heavy atom. The lowest BCUT2D eigenvalue weighted by molar-refractivity contribution is 0.380. The molecular formula is C20H27N5S. The molecule has 0 aliphatic carbocycles. The standard InChI is InChI=1S/C20H27N5S/c1-23(2)11-5-12-24-15-10-21-19(24)16-8-13-25(14-9-16)20-22-17-6-3-4-7-18(17)26-20/h3-4,6-7,10,15-16H,5,8-9,11-14H2,1-2H3. The number of piperidine rings is 1. The third kappa shape index (κ3) is 3.76. The van der Waals surface area contributed by atoms with Gasteiger partial charge in [-0.1, -0.05) is 23.5 Å².